The molecule has 4 heteroatoms. The van der Waals surface area contributed by atoms with Crippen LogP contribution in [0.4, 0.5) is 4.39 Å². The monoisotopic (exact) mass is 288 g/mol. The molecule has 3 aromatic rings. The number of ether oxygens (including phenoxy) is 2. The van der Waals surface area contributed by atoms with Crippen LogP contribution in [0.1, 0.15) is 4.88 Å². The Morgan fingerprint density at radius 1 is 1.00 bits per heavy atom. The van der Waals surface area contributed by atoms with Gasteiger partial charge in [-0.2, -0.15) is 0 Å². The highest BCUT2D eigenvalue weighted by Crippen LogP contribution is 2.27. The van der Waals surface area contributed by atoms with Gasteiger partial charge in [0.1, 0.15) is 23.9 Å². The number of thiophene rings is 1. The molecular weight excluding hydrogens is 275 g/mol. The summed E-state index contributed by atoms with van der Waals surface area (Å²) in [7, 11) is 1.63. The van der Waals surface area contributed by atoms with Crippen LogP contribution in [0.5, 0.6) is 11.5 Å². The highest BCUT2D eigenvalue weighted by atomic mass is 32.1. The molecule has 1 heterocycles. The Balaban J connectivity index is 1.72. The van der Waals surface area contributed by atoms with Crippen LogP contribution in [0.25, 0.3) is 10.1 Å². The minimum atomic E-state index is -0.207. The number of halogens is 1. The highest BCUT2D eigenvalue weighted by Gasteiger charge is 2.04. The Hall–Kier alpha value is -2.07. The molecule has 0 spiro atoms. The predicted octanol–water partition coefficient (Wildman–Crippen LogP) is 4.63. The topological polar surface area (TPSA) is 18.5 Å². The van der Waals surface area contributed by atoms with Gasteiger partial charge in [-0.25, -0.2) is 4.39 Å². The zero-order chi connectivity index (χ0) is 13.9. The van der Waals surface area contributed by atoms with E-state index in [4.69, 9.17) is 9.47 Å². The van der Waals surface area contributed by atoms with E-state index in [0.29, 0.717) is 6.61 Å². The summed E-state index contributed by atoms with van der Waals surface area (Å²) >= 11 is 1.55. The van der Waals surface area contributed by atoms with Crippen molar-refractivity contribution in [3.8, 4) is 11.5 Å². The fraction of sp³-hybridized carbons (Fsp3) is 0.125. The molecule has 0 saturated carbocycles. The first-order chi connectivity index (χ1) is 9.74. The zero-order valence-corrected chi connectivity index (χ0v) is 11.7. The molecule has 0 N–H and O–H groups in total. The van der Waals surface area contributed by atoms with Crippen molar-refractivity contribution in [2.75, 3.05) is 7.11 Å². The predicted molar refractivity (Wildman–Crippen MR) is 79.1 cm³/mol. The molecule has 0 fully saturated rings. The lowest BCUT2D eigenvalue weighted by Crippen LogP contribution is -1.92. The third-order valence-electron chi connectivity index (χ3n) is 2.97. The van der Waals surface area contributed by atoms with Gasteiger partial charge < -0.3 is 9.47 Å². The average molecular weight is 288 g/mol. The van der Waals surface area contributed by atoms with E-state index in [0.717, 1.165) is 26.5 Å². The first kappa shape index (κ1) is 12.9. The van der Waals surface area contributed by atoms with Crippen LogP contribution < -0.4 is 9.47 Å². The van der Waals surface area contributed by atoms with Crippen molar-refractivity contribution in [3.63, 3.8) is 0 Å². The van der Waals surface area contributed by atoms with Crippen molar-refractivity contribution in [2.24, 2.45) is 0 Å². The zero-order valence-electron chi connectivity index (χ0n) is 10.9. The van der Waals surface area contributed by atoms with Crippen LogP contribution in [0, 0.1) is 5.82 Å². The van der Waals surface area contributed by atoms with E-state index in [9.17, 15) is 4.39 Å². The van der Waals surface area contributed by atoms with Gasteiger partial charge in [-0.05, 0) is 47.9 Å². The first-order valence-corrected chi connectivity index (χ1v) is 7.01. The molecule has 2 nitrogen and oxygen atoms in total. The maximum absolute atomic E-state index is 13.1. The van der Waals surface area contributed by atoms with Gasteiger partial charge in [-0.3, -0.25) is 0 Å². The van der Waals surface area contributed by atoms with Gasteiger partial charge in [0.05, 0.1) is 7.11 Å². The van der Waals surface area contributed by atoms with Crippen LogP contribution >= 0.6 is 11.3 Å². The molecule has 0 aliphatic carbocycles. The van der Waals surface area contributed by atoms with E-state index >= 15 is 0 Å². The second kappa shape index (κ2) is 5.51. The Morgan fingerprint density at radius 2 is 1.75 bits per heavy atom. The van der Waals surface area contributed by atoms with Crippen molar-refractivity contribution in [1.82, 2.24) is 0 Å². The number of benzene rings is 2. The summed E-state index contributed by atoms with van der Waals surface area (Å²) in [5.74, 6) is 1.38. The number of rotatable bonds is 4. The van der Waals surface area contributed by atoms with Crippen LogP contribution in [0.3, 0.4) is 0 Å². The Bertz CT molecular complexity index is 719. The van der Waals surface area contributed by atoms with Gasteiger partial charge in [0.25, 0.3) is 0 Å². The van der Waals surface area contributed by atoms with Gasteiger partial charge in [0.15, 0.2) is 0 Å². The molecule has 2 aromatic carbocycles. The Kier molecular flexibility index (Phi) is 3.56. The van der Waals surface area contributed by atoms with Crippen LogP contribution in [0.2, 0.25) is 0 Å². The number of hydrogen-bond acceptors (Lipinski definition) is 3. The van der Waals surface area contributed by atoms with Crippen molar-refractivity contribution in [2.45, 2.75) is 6.61 Å². The second-order valence-corrected chi connectivity index (χ2v) is 5.53. The molecule has 0 aliphatic rings. The molecule has 102 valence electrons. The molecule has 0 unspecified atom stereocenters. The van der Waals surface area contributed by atoms with E-state index in [1.54, 1.807) is 30.6 Å². The molecule has 1 aromatic heterocycles. The fourth-order valence-electron chi connectivity index (χ4n) is 1.96. The molecule has 0 bridgehead atoms. The number of fused-ring (bicyclic) bond motifs is 1. The van der Waals surface area contributed by atoms with Gasteiger partial charge in [-0.15, -0.1) is 11.3 Å². The summed E-state index contributed by atoms with van der Waals surface area (Å²) < 4.78 is 24.9. The van der Waals surface area contributed by atoms with Crippen LogP contribution in [0.15, 0.2) is 48.5 Å². The maximum Gasteiger partial charge on any atom is 0.124 e. The molecule has 0 atom stereocenters. The third-order valence-corrected chi connectivity index (χ3v) is 4.05. The van der Waals surface area contributed by atoms with Crippen LogP contribution in [-0.2, 0) is 6.61 Å². The highest BCUT2D eigenvalue weighted by molar-refractivity contribution is 7.19. The lowest BCUT2D eigenvalue weighted by Gasteiger charge is -2.05. The lowest BCUT2D eigenvalue weighted by molar-refractivity contribution is 0.309. The molecule has 0 radical (unpaired) electrons. The molecule has 3 rings (SSSR count). The van der Waals surface area contributed by atoms with E-state index in [1.165, 1.54) is 6.07 Å². The van der Waals surface area contributed by atoms with Crippen LogP contribution in [-0.4, -0.2) is 7.11 Å². The Morgan fingerprint density at radius 3 is 2.50 bits per heavy atom. The van der Waals surface area contributed by atoms with Gasteiger partial charge in [0.2, 0.25) is 0 Å². The average Bonchev–Trinajstić information content (AvgIpc) is 2.87. The SMILES string of the molecule is COc1ccc(OCc2cc3ccc(F)cc3s2)cc1. The quantitative estimate of drug-likeness (QED) is 0.697. The normalized spacial score (nSPS) is 10.7. The summed E-state index contributed by atoms with van der Waals surface area (Å²) in [4.78, 5) is 1.07. The molecular formula is C16H13FO2S. The minimum Gasteiger partial charge on any atom is -0.497 e. The maximum atomic E-state index is 13.1. The summed E-state index contributed by atoms with van der Waals surface area (Å²) in [6.07, 6.45) is 0. The van der Waals surface area contributed by atoms with Crippen molar-refractivity contribution in [3.05, 3.63) is 59.2 Å². The van der Waals surface area contributed by atoms with Crippen molar-refractivity contribution >= 4 is 21.4 Å². The number of methoxy groups -OCH3 is 1. The van der Waals surface area contributed by atoms with Gasteiger partial charge in [0, 0.05) is 9.58 Å². The van der Waals surface area contributed by atoms with Gasteiger partial charge >= 0.3 is 0 Å². The lowest BCUT2D eigenvalue weighted by atomic mass is 10.2. The van der Waals surface area contributed by atoms with E-state index < -0.39 is 0 Å². The van der Waals surface area contributed by atoms with E-state index in [2.05, 4.69) is 0 Å². The molecule has 0 aliphatic heterocycles. The largest absolute Gasteiger partial charge is 0.497 e. The van der Waals surface area contributed by atoms with Gasteiger partial charge in [-0.1, -0.05) is 6.07 Å². The molecule has 0 amide bonds. The van der Waals surface area contributed by atoms with E-state index in [-0.39, 0.29) is 5.82 Å². The summed E-state index contributed by atoms with van der Waals surface area (Å²) in [5, 5.41) is 1.05. The molecule has 0 saturated heterocycles. The minimum absolute atomic E-state index is 0.207. The van der Waals surface area contributed by atoms with E-state index in [1.807, 2.05) is 30.3 Å². The molecule has 20 heavy (non-hydrogen) atoms. The smallest absolute Gasteiger partial charge is 0.124 e. The first-order valence-electron chi connectivity index (χ1n) is 6.19. The summed E-state index contributed by atoms with van der Waals surface area (Å²) in [6, 6.07) is 14.3. The number of hydrogen-bond donors (Lipinski definition) is 0. The third kappa shape index (κ3) is 2.75. The van der Waals surface area contributed by atoms with Crippen molar-refractivity contribution in [1.29, 1.82) is 0 Å². The van der Waals surface area contributed by atoms with Crippen molar-refractivity contribution < 1.29 is 13.9 Å². The second-order valence-electron chi connectivity index (χ2n) is 4.36. The summed E-state index contributed by atoms with van der Waals surface area (Å²) in [6.45, 7) is 0.479. The standard InChI is InChI=1S/C16H13FO2S/c1-18-13-4-6-14(7-5-13)19-10-15-8-11-2-3-12(17)9-16(11)20-15/h2-9H,10H2,1H3. The fourth-order valence-corrected chi connectivity index (χ4v) is 2.96. The summed E-state index contributed by atoms with van der Waals surface area (Å²) in [5.41, 5.74) is 0. The Labute approximate surface area is 120 Å².